The Hall–Kier alpha value is -3.02. The number of ether oxygens (including phenoxy) is 2. The molecule has 0 aromatic heterocycles. The predicted octanol–water partition coefficient (Wildman–Crippen LogP) is 2.41. The summed E-state index contributed by atoms with van der Waals surface area (Å²) in [6, 6.07) is 15.6. The molecule has 2 aromatic carbocycles. The number of rotatable bonds is 8. The van der Waals surface area contributed by atoms with Gasteiger partial charge in [-0.05, 0) is 29.7 Å². The number of likely N-dealkylation sites (tertiary alicyclic amines) is 1. The van der Waals surface area contributed by atoms with Gasteiger partial charge in [0.1, 0.15) is 0 Å². The van der Waals surface area contributed by atoms with E-state index in [9.17, 15) is 9.59 Å². The zero-order chi connectivity index (χ0) is 19.9. The first-order valence-corrected chi connectivity index (χ1v) is 9.41. The lowest BCUT2D eigenvalue weighted by atomic mass is 10.1. The molecule has 1 heterocycles. The van der Waals surface area contributed by atoms with E-state index in [1.807, 2.05) is 48.5 Å². The molecule has 6 heteroatoms. The van der Waals surface area contributed by atoms with Crippen molar-refractivity contribution in [3.8, 4) is 11.5 Å². The number of carbonyl (C=O) groups is 2. The quantitative estimate of drug-likeness (QED) is 0.761. The Morgan fingerprint density at radius 3 is 2.54 bits per heavy atom. The third-order valence-electron chi connectivity index (χ3n) is 4.96. The van der Waals surface area contributed by atoms with Gasteiger partial charge in [-0.2, -0.15) is 0 Å². The van der Waals surface area contributed by atoms with E-state index in [1.165, 1.54) is 5.56 Å². The van der Waals surface area contributed by atoms with Crippen molar-refractivity contribution < 1.29 is 19.1 Å². The third-order valence-corrected chi connectivity index (χ3v) is 4.96. The average molecular weight is 382 g/mol. The Kier molecular flexibility index (Phi) is 6.53. The van der Waals surface area contributed by atoms with Crippen LogP contribution >= 0.6 is 0 Å². The van der Waals surface area contributed by atoms with Gasteiger partial charge < -0.3 is 19.7 Å². The topological polar surface area (TPSA) is 67.9 Å². The van der Waals surface area contributed by atoms with Crippen molar-refractivity contribution in [3.05, 3.63) is 59.7 Å². The summed E-state index contributed by atoms with van der Waals surface area (Å²) in [5.74, 6) is 0.914. The molecule has 1 unspecified atom stereocenters. The lowest BCUT2D eigenvalue weighted by Gasteiger charge is -2.18. The maximum absolute atomic E-state index is 12.4. The zero-order valence-electron chi connectivity index (χ0n) is 16.3. The summed E-state index contributed by atoms with van der Waals surface area (Å²) in [6.07, 6.45) is 1.03. The molecule has 148 valence electrons. The van der Waals surface area contributed by atoms with Crippen molar-refractivity contribution in [1.29, 1.82) is 0 Å². The van der Waals surface area contributed by atoms with Crippen molar-refractivity contribution in [2.75, 3.05) is 27.3 Å². The summed E-state index contributed by atoms with van der Waals surface area (Å²) >= 11 is 0. The first kappa shape index (κ1) is 19.7. The molecule has 1 N–H and O–H groups in total. The van der Waals surface area contributed by atoms with Gasteiger partial charge in [0.25, 0.3) is 0 Å². The van der Waals surface area contributed by atoms with Crippen LogP contribution in [0.4, 0.5) is 0 Å². The number of nitrogens with one attached hydrogen (secondary N) is 1. The van der Waals surface area contributed by atoms with Crippen LogP contribution in [0.3, 0.4) is 0 Å². The highest BCUT2D eigenvalue weighted by Gasteiger charge is 2.34. The molecule has 0 saturated carbocycles. The van der Waals surface area contributed by atoms with Gasteiger partial charge in [-0.1, -0.05) is 36.4 Å². The molecule has 0 radical (unpaired) electrons. The maximum Gasteiger partial charge on any atom is 0.225 e. The minimum absolute atomic E-state index is 0.00186. The van der Waals surface area contributed by atoms with Gasteiger partial charge in [0, 0.05) is 26.1 Å². The fourth-order valence-electron chi connectivity index (χ4n) is 3.42. The second kappa shape index (κ2) is 9.26. The highest BCUT2D eigenvalue weighted by molar-refractivity contribution is 5.89. The van der Waals surface area contributed by atoms with Crippen molar-refractivity contribution in [1.82, 2.24) is 10.2 Å². The molecular weight excluding hydrogens is 356 g/mol. The van der Waals surface area contributed by atoms with Crippen molar-refractivity contribution >= 4 is 11.8 Å². The molecule has 6 nitrogen and oxygen atoms in total. The van der Waals surface area contributed by atoms with E-state index in [0.29, 0.717) is 31.1 Å². The van der Waals surface area contributed by atoms with E-state index in [-0.39, 0.29) is 24.2 Å². The highest BCUT2D eigenvalue weighted by Crippen LogP contribution is 2.29. The summed E-state index contributed by atoms with van der Waals surface area (Å²) in [7, 11) is 3.17. The van der Waals surface area contributed by atoms with Crippen LogP contribution in [0.25, 0.3) is 0 Å². The van der Waals surface area contributed by atoms with E-state index in [4.69, 9.17) is 9.47 Å². The van der Waals surface area contributed by atoms with Crippen molar-refractivity contribution in [2.24, 2.45) is 5.92 Å². The van der Waals surface area contributed by atoms with Gasteiger partial charge in [0.15, 0.2) is 11.5 Å². The average Bonchev–Trinajstić information content (AvgIpc) is 3.09. The Labute approximate surface area is 165 Å². The van der Waals surface area contributed by atoms with Crippen LogP contribution < -0.4 is 14.8 Å². The van der Waals surface area contributed by atoms with Crippen LogP contribution in [0, 0.1) is 5.92 Å². The molecule has 1 aliphatic rings. The third kappa shape index (κ3) is 4.82. The number of nitrogens with zero attached hydrogens (tertiary/aromatic N) is 1. The van der Waals surface area contributed by atoms with E-state index >= 15 is 0 Å². The largest absolute Gasteiger partial charge is 0.493 e. The standard InChI is InChI=1S/C22H26N2O4/c1-27-19-9-8-17(12-20(19)28-2)14-24-15-18(13-21(24)25)22(26)23-11-10-16-6-4-3-5-7-16/h3-9,12,18H,10-11,13-15H2,1-2H3,(H,23,26). The van der Waals surface area contributed by atoms with Crippen LogP contribution in [-0.2, 0) is 22.6 Å². The minimum Gasteiger partial charge on any atom is -0.493 e. The Bertz CT molecular complexity index is 823. The number of benzene rings is 2. The molecule has 0 bridgehead atoms. The van der Waals surface area contributed by atoms with Crippen molar-refractivity contribution in [3.63, 3.8) is 0 Å². The van der Waals surface area contributed by atoms with Gasteiger partial charge in [0.2, 0.25) is 11.8 Å². The summed E-state index contributed by atoms with van der Waals surface area (Å²) in [6.45, 7) is 1.46. The number of hydrogen-bond donors (Lipinski definition) is 1. The van der Waals surface area contributed by atoms with Crippen LogP contribution in [0.15, 0.2) is 48.5 Å². The van der Waals surface area contributed by atoms with E-state index in [1.54, 1.807) is 19.1 Å². The van der Waals surface area contributed by atoms with Crippen LogP contribution in [0.5, 0.6) is 11.5 Å². The zero-order valence-corrected chi connectivity index (χ0v) is 16.3. The lowest BCUT2D eigenvalue weighted by molar-refractivity contribution is -0.129. The molecular formula is C22H26N2O4. The smallest absolute Gasteiger partial charge is 0.225 e. The van der Waals surface area contributed by atoms with Gasteiger partial charge in [0.05, 0.1) is 20.1 Å². The van der Waals surface area contributed by atoms with E-state index in [0.717, 1.165) is 12.0 Å². The Morgan fingerprint density at radius 1 is 1.07 bits per heavy atom. The normalized spacial score (nSPS) is 16.1. The first-order valence-electron chi connectivity index (χ1n) is 9.41. The van der Waals surface area contributed by atoms with E-state index in [2.05, 4.69) is 5.32 Å². The summed E-state index contributed by atoms with van der Waals surface area (Å²) in [4.78, 5) is 26.5. The molecule has 2 aromatic rings. The SMILES string of the molecule is COc1ccc(CN2CC(C(=O)NCCc3ccccc3)CC2=O)cc1OC. The Morgan fingerprint density at radius 2 is 1.82 bits per heavy atom. The number of amides is 2. The fraction of sp³-hybridized carbons (Fsp3) is 0.364. The number of carbonyl (C=O) groups excluding carboxylic acids is 2. The molecule has 0 aliphatic carbocycles. The highest BCUT2D eigenvalue weighted by atomic mass is 16.5. The predicted molar refractivity (Wildman–Crippen MR) is 106 cm³/mol. The molecule has 1 aliphatic heterocycles. The van der Waals surface area contributed by atoms with Crippen LogP contribution in [-0.4, -0.2) is 44.0 Å². The second-order valence-electron chi connectivity index (χ2n) is 6.89. The summed E-state index contributed by atoms with van der Waals surface area (Å²) in [5.41, 5.74) is 2.12. The van der Waals surface area contributed by atoms with Crippen LogP contribution in [0.1, 0.15) is 17.5 Å². The lowest BCUT2D eigenvalue weighted by Crippen LogP contribution is -2.34. The number of hydrogen-bond acceptors (Lipinski definition) is 4. The number of methoxy groups -OCH3 is 2. The van der Waals surface area contributed by atoms with Gasteiger partial charge in [-0.25, -0.2) is 0 Å². The van der Waals surface area contributed by atoms with Gasteiger partial charge in [-0.3, -0.25) is 9.59 Å². The minimum atomic E-state index is -0.302. The molecule has 1 fully saturated rings. The van der Waals surface area contributed by atoms with Gasteiger partial charge >= 0.3 is 0 Å². The molecule has 0 spiro atoms. The van der Waals surface area contributed by atoms with Crippen molar-refractivity contribution in [2.45, 2.75) is 19.4 Å². The fourth-order valence-corrected chi connectivity index (χ4v) is 3.42. The second-order valence-corrected chi connectivity index (χ2v) is 6.89. The molecule has 1 saturated heterocycles. The molecule has 1 atom stereocenters. The molecule has 28 heavy (non-hydrogen) atoms. The first-order chi connectivity index (χ1) is 13.6. The van der Waals surface area contributed by atoms with Crippen LogP contribution in [0.2, 0.25) is 0 Å². The molecule has 3 rings (SSSR count). The monoisotopic (exact) mass is 382 g/mol. The van der Waals surface area contributed by atoms with Gasteiger partial charge in [-0.15, -0.1) is 0 Å². The Balaban J connectivity index is 1.52. The summed E-state index contributed by atoms with van der Waals surface area (Å²) < 4.78 is 10.6. The molecule has 2 amide bonds. The maximum atomic E-state index is 12.4. The van der Waals surface area contributed by atoms with E-state index < -0.39 is 0 Å². The summed E-state index contributed by atoms with van der Waals surface area (Å²) in [5, 5.41) is 2.96.